The fourth-order valence-electron chi connectivity index (χ4n) is 3.18. The first-order valence-electron chi connectivity index (χ1n) is 6.64. The average Bonchev–Trinajstić information content (AvgIpc) is 2.38. The van der Waals surface area contributed by atoms with Crippen molar-refractivity contribution >= 4 is 5.91 Å². The molecule has 4 N–H and O–H groups in total. The third-order valence-electron chi connectivity index (χ3n) is 4.04. The molecule has 0 bridgehead atoms. The van der Waals surface area contributed by atoms with Crippen molar-refractivity contribution in [3.05, 3.63) is 22.8 Å². The van der Waals surface area contributed by atoms with Gasteiger partial charge in [0.05, 0.1) is 11.1 Å². The van der Waals surface area contributed by atoms with Gasteiger partial charge in [-0.2, -0.15) is 5.26 Å². The van der Waals surface area contributed by atoms with E-state index < -0.39 is 5.91 Å². The molecule has 1 heterocycles. The zero-order valence-corrected chi connectivity index (χ0v) is 11.1. The lowest BCUT2D eigenvalue weighted by Gasteiger charge is -2.34. The van der Waals surface area contributed by atoms with Crippen LogP contribution in [0.15, 0.2) is 22.8 Å². The van der Waals surface area contributed by atoms with Gasteiger partial charge in [-0.3, -0.25) is 4.79 Å². The molecule has 1 fully saturated rings. The molecular formula is C14H19N3O2. The summed E-state index contributed by atoms with van der Waals surface area (Å²) in [6, 6.07) is 2.09. The van der Waals surface area contributed by atoms with Crippen molar-refractivity contribution in [3.63, 3.8) is 0 Å². The molecule has 5 nitrogen and oxygen atoms in total. The number of hydrogen-bond donors (Lipinski definition) is 2. The van der Waals surface area contributed by atoms with Gasteiger partial charge in [0.15, 0.2) is 0 Å². The highest BCUT2D eigenvalue weighted by Gasteiger charge is 2.38. The van der Waals surface area contributed by atoms with Crippen molar-refractivity contribution in [3.8, 4) is 6.07 Å². The Balaban J connectivity index is 2.44. The molecule has 0 aromatic heterocycles. The smallest absolute Gasteiger partial charge is 0.248 e. The monoisotopic (exact) mass is 261 g/mol. The van der Waals surface area contributed by atoms with E-state index in [1.54, 1.807) is 6.92 Å². The van der Waals surface area contributed by atoms with Crippen molar-refractivity contribution in [2.45, 2.75) is 39.0 Å². The van der Waals surface area contributed by atoms with Gasteiger partial charge in [0.1, 0.15) is 11.8 Å². The van der Waals surface area contributed by atoms with Gasteiger partial charge in [0.2, 0.25) is 11.8 Å². The average molecular weight is 261 g/mol. The molecule has 1 aliphatic heterocycles. The molecule has 1 saturated carbocycles. The van der Waals surface area contributed by atoms with E-state index in [4.69, 9.17) is 16.2 Å². The first-order valence-corrected chi connectivity index (χ1v) is 6.64. The number of hydrogen-bond acceptors (Lipinski definition) is 4. The predicted molar refractivity (Wildman–Crippen MR) is 69.9 cm³/mol. The number of carbonyl (C=O) groups is 1. The summed E-state index contributed by atoms with van der Waals surface area (Å²) >= 11 is 0. The number of rotatable bonds is 2. The minimum Gasteiger partial charge on any atom is -0.445 e. The van der Waals surface area contributed by atoms with Crippen LogP contribution in [-0.4, -0.2) is 5.91 Å². The van der Waals surface area contributed by atoms with Crippen LogP contribution in [0.4, 0.5) is 0 Å². The van der Waals surface area contributed by atoms with E-state index in [1.165, 1.54) is 6.42 Å². The summed E-state index contributed by atoms with van der Waals surface area (Å²) in [6.07, 6.45) is 5.42. The number of allylic oxidation sites excluding steroid dienone is 2. The van der Waals surface area contributed by atoms with E-state index in [2.05, 4.69) is 6.07 Å². The second-order valence-electron chi connectivity index (χ2n) is 5.20. The van der Waals surface area contributed by atoms with Crippen LogP contribution in [0, 0.1) is 23.2 Å². The van der Waals surface area contributed by atoms with Crippen molar-refractivity contribution < 1.29 is 9.53 Å². The number of nitriles is 1. The lowest BCUT2D eigenvalue weighted by molar-refractivity contribution is -0.115. The zero-order chi connectivity index (χ0) is 14.0. The summed E-state index contributed by atoms with van der Waals surface area (Å²) in [4.78, 5) is 11.7. The molecule has 0 saturated heterocycles. The van der Waals surface area contributed by atoms with Gasteiger partial charge in [-0.1, -0.05) is 19.3 Å². The van der Waals surface area contributed by atoms with Crippen molar-refractivity contribution in [2.75, 3.05) is 0 Å². The highest BCUT2D eigenvalue weighted by molar-refractivity contribution is 5.94. The van der Waals surface area contributed by atoms with Crippen LogP contribution in [0.2, 0.25) is 0 Å². The first-order chi connectivity index (χ1) is 9.06. The van der Waals surface area contributed by atoms with Crippen LogP contribution in [0.3, 0.4) is 0 Å². The maximum absolute atomic E-state index is 11.7. The Morgan fingerprint density at radius 2 is 2.00 bits per heavy atom. The Bertz CT molecular complexity index is 493. The lowest BCUT2D eigenvalue weighted by atomic mass is 9.72. The van der Waals surface area contributed by atoms with Gasteiger partial charge in [-0.15, -0.1) is 0 Å². The van der Waals surface area contributed by atoms with E-state index in [1.807, 2.05) is 0 Å². The molecule has 2 rings (SSSR count). The molecule has 1 amide bonds. The fraction of sp³-hybridized carbons (Fsp3) is 0.571. The van der Waals surface area contributed by atoms with Crippen LogP contribution in [0.1, 0.15) is 39.0 Å². The SMILES string of the molecule is CC1=C(C(N)=O)C(C2CCCCC2)C(C#N)=C(N)O1. The third-order valence-corrected chi connectivity index (χ3v) is 4.04. The first kappa shape index (κ1) is 13.5. The Labute approximate surface area is 112 Å². The maximum atomic E-state index is 11.7. The van der Waals surface area contributed by atoms with Crippen LogP contribution < -0.4 is 11.5 Å². The van der Waals surface area contributed by atoms with Crippen LogP contribution in [-0.2, 0) is 9.53 Å². The highest BCUT2D eigenvalue weighted by Crippen LogP contribution is 2.42. The number of amides is 1. The summed E-state index contributed by atoms with van der Waals surface area (Å²) in [7, 11) is 0. The normalized spacial score (nSPS) is 24.9. The van der Waals surface area contributed by atoms with Gasteiger partial charge in [0.25, 0.3) is 0 Å². The summed E-state index contributed by atoms with van der Waals surface area (Å²) in [5.74, 6) is -0.0201. The predicted octanol–water partition coefficient (Wildman–Crippen LogP) is 1.67. The second kappa shape index (κ2) is 5.35. The van der Waals surface area contributed by atoms with Gasteiger partial charge in [-0.25, -0.2) is 0 Å². The van der Waals surface area contributed by atoms with Gasteiger partial charge in [-0.05, 0) is 25.7 Å². The van der Waals surface area contributed by atoms with Crippen LogP contribution in [0.5, 0.6) is 0 Å². The molecule has 0 radical (unpaired) electrons. The standard InChI is InChI=1S/C14H19N3O2/c1-8-11(13(16)18)12(9-5-3-2-4-6-9)10(7-15)14(17)19-8/h9,12H,2-6,17H2,1H3,(H2,16,18). The fourth-order valence-corrected chi connectivity index (χ4v) is 3.18. The molecule has 102 valence electrons. The van der Waals surface area contributed by atoms with Crippen molar-refractivity contribution in [2.24, 2.45) is 23.3 Å². The number of nitrogens with two attached hydrogens (primary N) is 2. The highest BCUT2D eigenvalue weighted by atomic mass is 16.5. The molecular weight excluding hydrogens is 242 g/mol. The topological polar surface area (TPSA) is 102 Å². The summed E-state index contributed by atoms with van der Waals surface area (Å²) in [6.45, 7) is 1.68. The maximum Gasteiger partial charge on any atom is 0.248 e. The van der Waals surface area contributed by atoms with Crippen molar-refractivity contribution in [1.29, 1.82) is 5.26 Å². The molecule has 5 heteroatoms. The summed E-state index contributed by atoms with van der Waals surface area (Å²) < 4.78 is 5.30. The molecule has 0 aromatic carbocycles. The third kappa shape index (κ3) is 2.43. The molecule has 2 aliphatic rings. The largest absolute Gasteiger partial charge is 0.445 e. The van der Waals surface area contributed by atoms with Gasteiger partial charge >= 0.3 is 0 Å². The Kier molecular flexibility index (Phi) is 3.79. The number of primary amides is 1. The van der Waals surface area contributed by atoms with E-state index in [0.717, 1.165) is 25.7 Å². The Morgan fingerprint density at radius 3 is 2.53 bits per heavy atom. The Morgan fingerprint density at radius 1 is 1.37 bits per heavy atom. The van der Waals surface area contributed by atoms with Crippen LogP contribution in [0.25, 0.3) is 0 Å². The molecule has 0 aromatic rings. The van der Waals surface area contributed by atoms with Crippen molar-refractivity contribution in [1.82, 2.24) is 0 Å². The quantitative estimate of drug-likeness (QED) is 0.789. The lowest BCUT2D eigenvalue weighted by Crippen LogP contribution is -2.34. The minimum atomic E-state index is -0.520. The van der Waals surface area contributed by atoms with E-state index in [-0.39, 0.29) is 17.7 Å². The number of nitrogens with zero attached hydrogens (tertiary/aromatic N) is 1. The molecule has 1 atom stereocenters. The second-order valence-corrected chi connectivity index (χ2v) is 5.20. The van der Waals surface area contributed by atoms with Gasteiger partial charge in [0, 0.05) is 5.92 Å². The number of carbonyl (C=O) groups excluding carboxylic acids is 1. The Hall–Kier alpha value is -1.96. The van der Waals surface area contributed by atoms with Crippen LogP contribution >= 0.6 is 0 Å². The molecule has 1 unspecified atom stereocenters. The van der Waals surface area contributed by atoms with Gasteiger partial charge < -0.3 is 16.2 Å². The van der Waals surface area contributed by atoms with E-state index in [9.17, 15) is 10.1 Å². The summed E-state index contributed by atoms with van der Waals surface area (Å²) in [5.41, 5.74) is 12.0. The number of ether oxygens (including phenoxy) is 1. The minimum absolute atomic E-state index is 0.112. The molecule has 0 spiro atoms. The zero-order valence-electron chi connectivity index (χ0n) is 11.1. The molecule has 1 aliphatic carbocycles. The summed E-state index contributed by atoms with van der Waals surface area (Å²) in [5, 5.41) is 9.31. The van der Waals surface area contributed by atoms with E-state index in [0.29, 0.717) is 16.9 Å². The van der Waals surface area contributed by atoms with E-state index >= 15 is 0 Å². The molecule has 19 heavy (non-hydrogen) atoms.